The van der Waals surface area contributed by atoms with Crippen LogP contribution in [0.1, 0.15) is 28.9 Å². The molecule has 84 valence electrons. The van der Waals surface area contributed by atoms with Crippen molar-refractivity contribution in [2.24, 2.45) is 0 Å². The molecule has 0 aliphatic carbocycles. The van der Waals surface area contributed by atoms with Gasteiger partial charge in [-0.2, -0.15) is 0 Å². The molecule has 1 aromatic carbocycles. The Balaban J connectivity index is 2.32. The van der Waals surface area contributed by atoms with Crippen molar-refractivity contribution < 1.29 is 19.1 Å². The van der Waals surface area contributed by atoms with Crippen molar-refractivity contribution in [3.63, 3.8) is 0 Å². The van der Waals surface area contributed by atoms with E-state index in [1.54, 1.807) is 18.2 Å². The highest BCUT2D eigenvalue weighted by molar-refractivity contribution is 5.95. The van der Waals surface area contributed by atoms with Crippen LogP contribution in [0.2, 0.25) is 0 Å². The zero-order valence-electron chi connectivity index (χ0n) is 8.93. The number of hydrogen-bond acceptors (Lipinski definition) is 4. The Bertz CT molecular complexity index is 425. The Morgan fingerprint density at radius 2 is 2.12 bits per heavy atom. The fourth-order valence-corrected chi connectivity index (χ4v) is 1.73. The number of hydrogen-bond donors (Lipinski definition) is 0. The molecule has 1 heterocycles. The van der Waals surface area contributed by atoms with Crippen molar-refractivity contribution in [3.8, 4) is 0 Å². The van der Waals surface area contributed by atoms with Gasteiger partial charge in [0, 0.05) is 11.1 Å². The molecule has 1 atom stereocenters. The highest BCUT2D eigenvalue weighted by Crippen LogP contribution is 2.24. The van der Waals surface area contributed by atoms with Crippen LogP contribution < -0.4 is 0 Å². The average molecular weight is 220 g/mol. The summed E-state index contributed by atoms with van der Waals surface area (Å²) in [7, 11) is 0. The predicted molar refractivity (Wildman–Crippen MR) is 56.1 cm³/mol. The summed E-state index contributed by atoms with van der Waals surface area (Å²) >= 11 is 0. The number of benzene rings is 1. The molecule has 16 heavy (non-hydrogen) atoms. The lowest BCUT2D eigenvalue weighted by molar-refractivity contribution is -0.170. The molecule has 4 nitrogen and oxygen atoms in total. The zero-order chi connectivity index (χ0) is 11.5. The van der Waals surface area contributed by atoms with Crippen molar-refractivity contribution in [2.45, 2.75) is 13.0 Å². The maximum absolute atomic E-state index is 11.4. The lowest BCUT2D eigenvalue weighted by Crippen LogP contribution is -2.27. The number of carbonyl (C=O) groups excluding carboxylic acids is 2. The Hall–Kier alpha value is -1.68. The molecule has 2 rings (SSSR count). The number of rotatable bonds is 2. The average Bonchev–Trinajstić information content (AvgIpc) is 2.29. The molecule has 0 aromatic heterocycles. The molecular formula is C12H12O4. The van der Waals surface area contributed by atoms with Crippen LogP contribution in [-0.2, 0) is 14.3 Å². The molecule has 0 N–H and O–H groups in total. The van der Waals surface area contributed by atoms with Crippen LogP contribution in [0.25, 0.3) is 0 Å². The third kappa shape index (κ3) is 2.12. The summed E-state index contributed by atoms with van der Waals surface area (Å²) in [5.74, 6) is -0.438. The van der Waals surface area contributed by atoms with E-state index in [0.717, 1.165) is 0 Å². The van der Waals surface area contributed by atoms with Gasteiger partial charge in [-0.25, -0.2) is 4.79 Å². The molecule has 0 amide bonds. The van der Waals surface area contributed by atoms with Gasteiger partial charge in [-0.15, -0.1) is 0 Å². The van der Waals surface area contributed by atoms with Crippen molar-refractivity contribution in [1.82, 2.24) is 0 Å². The standard InChI is InChI=1S/C12H12O4/c1-8(13)9-4-2-3-5-10(9)11-6-15-7-12(14)16-11/h2-5,11H,6-7H2,1H3. The van der Waals surface area contributed by atoms with E-state index in [2.05, 4.69) is 0 Å². The number of Topliss-reactive ketones (excluding diaryl/α,β-unsaturated/α-hetero) is 1. The van der Waals surface area contributed by atoms with Crippen LogP contribution in [0, 0.1) is 0 Å². The quantitative estimate of drug-likeness (QED) is 0.560. The summed E-state index contributed by atoms with van der Waals surface area (Å²) < 4.78 is 10.2. The van der Waals surface area contributed by atoms with Crippen LogP contribution in [0.15, 0.2) is 24.3 Å². The second-order valence-corrected chi connectivity index (χ2v) is 3.64. The largest absolute Gasteiger partial charge is 0.453 e. The van der Waals surface area contributed by atoms with Gasteiger partial charge < -0.3 is 9.47 Å². The van der Waals surface area contributed by atoms with Crippen molar-refractivity contribution >= 4 is 11.8 Å². The molecular weight excluding hydrogens is 208 g/mol. The molecule has 1 unspecified atom stereocenters. The topological polar surface area (TPSA) is 52.6 Å². The van der Waals surface area contributed by atoms with E-state index in [-0.39, 0.29) is 12.4 Å². The van der Waals surface area contributed by atoms with Crippen molar-refractivity contribution in [3.05, 3.63) is 35.4 Å². The van der Waals surface area contributed by atoms with Crippen LogP contribution in [-0.4, -0.2) is 25.0 Å². The van der Waals surface area contributed by atoms with Crippen LogP contribution in [0.3, 0.4) is 0 Å². The minimum Gasteiger partial charge on any atom is -0.453 e. The molecule has 1 fully saturated rings. The van der Waals surface area contributed by atoms with Gasteiger partial charge in [0.05, 0.1) is 6.61 Å². The van der Waals surface area contributed by atoms with Crippen LogP contribution >= 0.6 is 0 Å². The van der Waals surface area contributed by atoms with E-state index < -0.39 is 12.1 Å². The van der Waals surface area contributed by atoms with Gasteiger partial charge in [-0.05, 0) is 6.92 Å². The molecule has 1 aromatic rings. The minimum absolute atomic E-state index is 0.0151. The fraction of sp³-hybridized carbons (Fsp3) is 0.333. The number of esters is 1. The van der Waals surface area contributed by atoms with Gasteiger partial charge >= 0.3 is 5.97 Å². The highest BCUT2D eigenvalue weighted by atomic mass is 16.6. The zero-order valence-corrected chi connectivity index (χ0v) is 8.93. The summed E-state index contributed by atoms with van der Waals surface area (Å²) in [6.07, 6.45) is -0.471. The molecule has 0 saturated carbocycles. The Morgan fingerprint density at radius 1 is 1.38 bits per heavy atom. The van der Waals surface area contributed by atoms with E-state index in [1.165, 1.54) is 6.92 Å². The maximum Gasteiger partial charge on any atom is 0.332 e. The first-order chi connectivity index (χ1) is 7.68. The molecule has 0 spiro atoms. The van der Waals surface area contributed by atoms with Crippen molar-refractivity contribution in [2.75, 3.05) is 13.2 Å². The lowest BCUT2D eigenvalue weighted by atomic mass is 10.00. The number of ether oxygens (including phenoxy) is 2. The lowest BCUT2D eigenvalue weighted by Gasteiger charge is -2.24. The number of ketones is 1. The Labute approximate surface area is 93.2 Å². The summed E-state index contributed by atoms with van der Waals surface area (Å²) in [6, 6.07) is 7.10. The summed E-state index contributed by atoms with van der Waals surface area (Å²) in [5.41, 5.74) is 1.29. The van der Waals surface area contributed by atoms with Gasteiger partial charge in [-0.1, -0.05) is 24.3 Å². The van der Waals surface area contributed by atoms with Gasteiger partial charge in [0.25, 0.3) is 0 Å². The fourth-order valence-electron chi connectivity index (χ4n) is 1.73. The van der Waals surface area contributed by atoms with Gasteiger partial charge in [0.15, 0.2) is 11.9 Å². The highest BCUT2D eigenvalue weighted by Gasteiger charge is 2.25. The van der Waals surface area contributed by atoms with E-state index >= 15 is 0 Å². The van der Waals surface area contributed by atoms with E-state index in [4.69, 9.17) is 9.47 Å². The van der Waals surface area contributed by atoms with Gasteiger partial charge in [0.1, 0.15) is 6.61 Å². The SMILES string of the molecule is CC(=O)c1ccccc1C1COCC(=O)O1. The monoisotopic (exact) mass is 220 g/mol. The van der Waals surface area contributed by atoms with Crippen LogP contribution in [0.5, 0.6) is 0 Å². The predicted octanol–water partition coefficient (Wildman–Crippen LogP) is 1.50. The third-order valence-electron chi connectivity index (χ3n) is 2.45. The van der Waals surface area contributed by atoms with E-state index in [1.807, 2.05) is 6.07 Å². The smallest absolute Gasteiger partial charge is 0.332 e. The second-order valence-electron chi connectivity index (χ2n) is 3.64. The van der Waals surface area contributed by atoms with Gasteiger partial charge in [-0.3, -0.25) is 4.79 Å². The second kappa shape index (κ2) is 4.45. The summed E-state index contributed by atoms with van der Waals surface area (Å²) in [6.45, 7) is 1.78. The molecule has 1 saturated heterocycles. The Kier molecular flexibility index (Phi) is 3.01. The molecule has 4 heteroatoms. The maximum atomic E-state index is 11.4. The van der Waals surface area contributed by atoms with Crippen LogP contribution in [0.4, 0.5) is 0 Å². The van der Waals surface area contributed by atoms with E-state index in [0.29, 0.717) is 17.7 Å². The first kappa shape index (κ1) is 10.8. The number of cyclic esters (lactones) is 1. The minimum atomic E-state index is -0.471. The van der Waals surface area contributed by atoms with E-state index in [9.17, 15) is 9.59 Å². The third-order valence-corrected chi connectivity index (χ3v) is 2.45. The number of carbonyl (C=O) groups is 2. The molecule has 1 aliphatic rings. The Morgan fingerprint density at radius 3 is 2.81 bits per heavy atom. The normalized spacial score (nSPS) is 20.3. The van der Waals surface area contributed by atoms with Crippen molar-refractivity contribution in [1.29, 1.82) is 0 Å². The first-order valence-electron chi connectivity index (χ1n) is 5.05. The van der Waals surface area contributed by atoms with Gasteiger partial charge in [0.2, 0.25) is 0 Å². The molecule has 0 radical (unpaired) electrons. The summed E-state index contributed by atoms with van der Waals surface area (Å²) in [4.78, 5) is 22.5. The molecule has 1 aliphatic heterocycles. The molecule has 0 bridgehead atoms. The summed E-state index contributed by atoms with van der Waals surface area (Å²) in [5, 5.41) is 0. The first-order valence-corrected chi connectivity index (χ1v) is 5.05.